The van der Waals surface area contributed by atoms with Gasteiger partial charge in [-0.2, -0.15) is 0 Å². The number of para-hydroxylation sites is 1. The lowest BCUT2D eigenvalue weighted by Crippen LogP contribution is -2.23. The van der Waals surface area contributed by atoms with Crippen molar-refractivity contribution in [2.45, 2.75) is 18.0 Å². The zero-order valence-electron chi connectivity index (χ0n) is 11.0. The van der Waals surface area contributed by atoms with Crippen LogP contribution in [-0.4, -0.2) is 15.5 Å². The molecule has 1 heterocycles. The number of benzene rings is 1. The maximum atomic E-state index is 12.1. The van der Waals surface area contributed by atoms with Gasteiger partial charge in [0.2, 0.25) is 10.0 Å². The molecule has 20 heavy (non-hydrogen) atoms. The van der Waals surface area contributed by atoms with E-state index in [9.17, 15) is 8.42 Å². The van der Waals surface area contributed by atoms with E-state index in [1.807, 2.05) is 18.2 Å². The largest absolute Gasteiger partial charge is 0.496 e. The van der Waals surface area contributed by atoms with Gasteiger partial charge in [0.05, 0.1) is 12.0 Å². The van der Waals surface area contributed by atoms with E-state index in [0.717, 1.165) is 10.4 Å². The Labute approximate surface area is 122 Å². The van der Waals surface area contributed by atoms with Gasteiger partial charge in [-0.15, -0.1) is 11.3 Å². The number of hydrogen-bond donors (Lipinski definition) is 2. The molecule has 0 radical (unpaired) electrons. The molecule has 0 aliphatic carbocycles. The van der Waals surface area contributed by atoms with Crippen molar-refractivity contribution >= 4 is 21.4 Å². The van der Waals surface area contributed by atoms with Crippen molar-refractivity contribution in [2.24, 2.45) is 5.73 Å². The summed E-state index contributed by atoms with van der Waals surface area (Å²) in [6.45, 7) is 0.521. The second-order valence-corrected chi connectivity index (χ2v) is 6.85. The van der Waals surface area contributed by atoms with Crippen molar-refractivity contribution in [3.05, 3.63) is 46.2 Å². The minimum atomic E-state index is -3.52. The van der Waals surface area contributed by atoms with Gasteiger partial charge in [0.25, 0.3) is 0 Å². The summed E-state index contributed by atoms with van der Waals surface area (Å²) in [5.74, 6) is 0.656. The monoisotopic (exact) mass is 312 g/mol. The number of methoxy groups -OCH3 is 1. The second-order valence-electron chi connectivity index (χ2n) is 4.09. The first-order chi connectivity index (χ1) is 9.56. The molecule has 0 spiro atoms. The molecule has 0 fully saturated rings. The first-order valence-electron chi connectivity index (χ1n) is 5.96. The zero-order valence-corrected chi connectivity index (χ0v) is 12.6. The van der Waals surface area contributed by atoms with E-state index in [1.165, 1.54) is 11.3 Å². The first-order valence-corrected chi connectivity index (χ1v) is 8.32. The van der Waals surface area contributed by atoms with Crippen LogP contribution in [0.15, 0.2) is 40.6 Å². The van der Waals surface area contributed by atoms with Crippen LogP contribution in [0.4, 0.5) is 0 Å². The van der Waals surface area contributed by atoms with Crippen LogP contribution in [0.25, 0.3) is 0 Å². The lowest BCUT2D eigenvalue weighted by atomic mass is 10.2. The van der Waals surface area contributed by atoms with Gasteiger partial charge in [0.15, 0.2) is 0 Å². The molecule has 2 rings (SSSR count). The highest BCUT2D eigenvalue weighted by atomic mass is 32.2. The van der Waals surface area contributed by atoms with Crippen LogP contribution in [0.5, 0.6) is 5.75 Å². The van der Waals surface area contributed by atoms with Crippen molar-refractivity contribution < 1.29 is 13.2 Å². The number of nitrogens with two attached hydrogens (primary N) is 1. The summed E-state index contributed by atoms with van der Waals surface area (Å²) in [7, 11) is -1.97. The molecule has 0 saturated carbocycles. The lowest BCUT2D eigenvalue weighted by molar-refractivity contribution is 0.409. The Kier molecular flexibility index (Phi) is 4.77. The van der Waals surface area contributed by atoms with Gasteiger partial charge in [-0.3, -0.25) is 0 Å². The summed E-state index contributed by atoms with van der Waals surface area (Å²) in [6.07, 6.45) is 0. The second kappa shape index (κ2) is 6.36. The number of sulfonamides is 1. The van der Waals surface area contributed by atoms with Gasteiger partial charge >= 0.3 is 0 Å². The number of ether oxygens (including phenoxy) is 1. The molecular formula is C13H16N2O3S2. The maximum Gasteiger partial charge on any atom is 0.241 e. The number of rotatable bonds is 6. The van der Waals surface area contributed by atoms with Crippen molar-refractivity contribution in [3.63, 3.8) is 0 Å². The van der Waals surface area contributed by atoms with Crippen LogP contribution in [0, 0.1) is 0 Å². The topological polar surface area (TPSA) is 81.4 Å². The predicted molar refractivity (Wildman–Crippen MR) is 79.2 cm³/mol. The Morgan fingerprint density at radius 2 is 2.10 bits per heavy atom. The van der Waals surface area contributed by atoms with Gasteiger partial charge in [-0.25, -0.2) is 13.1 Å². The van der Waals surface area contributed by atoms with Crippen LogP contribution in [0.3, 0.4) is 0 Å². The Morgan fingerprint density at radius 3 is 2.75 bits per heavy atom. The lowest BCUT2D eigenvalue weighted by Gasteiger charge is -2.09. The van der Waals surface area contributed by atoms with E-state index in [2.05, 4.69) is 4.72 Å². The van der Waals surface area contributed by atoms with Crippen LogP contribution in [0.1, 0.15) is 10.4 Å². The molecule has 0 aliphatic rings. The number of thiophene rings is 1. The molecule has 1 aromatic carbocycles. The Bertz CT molecular complexity index is 680. The molecule has 7 heteroatoms. The maximum absolute atomic E-state index is 12.1. The predicted octanol–water partition coefficient (Wildman–Crippen LogP) is 1.69. The quantitative estimate of drug-likeness (QED) is 0.850. The fraction of sp³-hybridized carbons (Fsp3) is 0.231. The number of hydrogen-bond acceptors (Lipinski definition) is 5. The smallest absolute Gasteiger partial charge is 0.241 e. The van der Waals surface area contributed by atoms with Crippen LogP contribution >= 0.6 is 11.3 Å². The third-order valence-electron chi connectivity index (χ3n) is 2.79. The minimum absolute atomic E-state index is 0.181. The molecule has 3 N–H and O–H groups in total. The summed E-state index contributed by atoms with van der Waals surface area (Å²) in [5, 5.41) is 1.59. The molecule has 1 aromatic heterocycles. The van der Waals surface area contributed by atoms with E-state index >= 15 is 0 Å². The molecule has 0 amide bonds. The minimum Gasteiger partial charge on any atom is -0.496 e. The number of nitrogens with one attached hydrogen (secondary N) is 1. The summed E-state index contributed by atoms with van der Waals surface area (Å²) in [6, 6.07) is 8.88. The normalized spacial score (nSPS) is 11.5. The van der Waals surface area contributed by atoms with Crippen molar-refractivity contribution in [1.29, 1.82) is 0 Å². The SMILES string of the molecule is COc1ccccc1CNS(=O)(=O)c1csc(CN)c1. The van der Waals surface area contributed by atoms with Gasteiger partial charge in [-0.1, -0.05) is 18.2 Å². The van der Waals surface area contributed by atoms with E-state index in [0.29, 0.717) is 12.3 Å². The molecule has 0 saturated heterocycles. The van der Waals surface area contributed by atoms with Crippen molar-refractivity contribution in [1.82, 2.24) is 4.72 Å². The molecule has 0 atom stereocenters. The Morgan fingerprint density at radius 1 is 1.35 bits per heavy atom. The Balaban J connectivity index is 2.13. The molecule has 5 nitrogen and oxygen atoms in total. The summed E-state index contributed by atoms with van der Waals surface area (Å²) >= 11 is 1.34. The molecule has 0 bridgehead atoms. The third kappa shape index (κ3) is 3.37. The Hall–Kier alpha value is -1.41. The van der Waals surface area contributed by atoms with Gasteiger partial charge in [0, 0.05) is 28.9 Å². The molecule has 0 unspecified atom stereocenters. The van der Waals surface area contributed by atoms with Crippen molar-refractivity contribution in [2.75, 3.05) is 7.11 Å². The highest BCUT2D eigenvalue weighted by Gasteiger charge is 2.16. The van der Waals surface area contributed by atoms with E-state index in [-0.39, 0.29) is 11.4 Å². The fourth-order valence-corrected chi connectivity index (χ4v) is 3.88. The summed E-state index contributed by atoms with van der Waals surface area (Å²) in [4.78, 5) is 1.08. The van der Waals surface area contributed by atoms with Gasteiger partial charge < -0.3 is 10.5 Å². The summed E-state index contributed by atoms with van der Waals surface area (Å²) < 4.78 is 32.0. The van der Waals surface area contributed by atoms with E-state index < -0.39 is 10.0 Å². The third-order valence-corrected chi connectivity index (χ3v) is 5.28. The molecule has 2 aromatic rings. The first kappa shape index (κ1) is 15.0. The summed E-state index contributed by atoms with van der Waals surface area (Å²) in [5.41, 5.74) is 6.27. The average Bonchev–Trinajstić information content (AvgIpc) is 2.95. The van der Waals surface area contributed by atoms with Gasteiger partial charge in [0.1, 0.15) is 5.75 Å². The molecule has 0 aliphatic heterocycles. The van der Waals surface area contributed by atoms with Crippen LogP contribution in [-0.2, 0) is 23.1 Å². The standard InChI is InChI=1S/C13H16N2O3S2/c1-18-13-5-3-2-4-10(13)8-15-20(16,17)12-6-11(7-14)19-9-12/h2-6,9,15H,7-8,14H2,1H3. The molecule has 108 valence electrons. The van der Waals surface area contributed by atoms with Crippen LogP contribution in [0.2, 0.25) is 0 Å². The van der Waals surface area contributed by atoms with Crippen molar-refractivity contribution in [3.8, 4) is 5.75 Å². The zero-order chi connectivity index (χ0) is 14.6. The fourth-order valence-electron chi connectivity index (χ4n) is 1.71. The highest BCUT2D eigenvalue weighted by molar-refractivity contribution is 7.89. The van der Waals surface area contributed by atoms with Gasteiger partial charge in [-0.05, 0) is 12.1 Å². The highest BCUT2D eigenvalue weighted by Crippen LogP contribution is 2.21. The average molecular weight is 312 g/mol. The van der Waals surface area contributed by atoms with E-state index in [1.54, 1.807) is 24.6 Å². The van der Waals surface area contributed by atoms with E-state index in [4.69, 9.17) is 10.5 Å². The molecular weight excluding hydrogens is 296 g/mol. The van der Waals surface area contributed by atoms with Crippen LogP contribution < -0.4 is 15.2 Å².